The number of esters is 2. The first-order valence-corrected chi connectivity index (χ1v) is 11.3. The van der Waals surface area contributed by atoms with E-state index in [-0.39, 0.29) is 5.57 Å². The molecule has 0 aromatic rings. The highest BCUT2D eigenvalue weighted by atomic mass is 16.6. The van der Waals surface area contributed by atoms with E-state index >= 15 is 0 Å². The van der Waals surface area contributed by atoms with Gasteiger partial charge in [0.25, 0.3) is 0 Å². The number of allylic oxidation sites excluding steroid dienone is 2. The Morgan fingerprint density at radius 3 is 1.62 bits per heavy atom. The summed E-state index contributed by atoms with van der Waals surface area (Å²) in [5, 5.41) is 0. The molecule has 0 rings (SSSR count). The normalized spacial score (nSPS) is 13.0. The number of hydrogen-bond donors (Lipinski definition) is 0. The Morgan fingerprint density at radius 2 is 1.28 bits per heavy atom. The van der Waals surface area contributed by atoms with Crippen molar-refractivity contribution in [2.24, 2.45) is 11.8 Å². The van der Waals surface area contributed by atoms with E-state index in [1.807, 2.05) is 19.0 Å². The van der Waals surface area contributed by atoms with E-state index in [1.54, 1.807) is 12.3 Å². The minimum Gasteiger partial charge on any atom is -0.462 e. The third kappa shape index (κ3) is 13.1. The Bertz CT molecular complexity index is 477. The minimum atomic E-state index is -0.602. The minimum absolute atomic E-state index is 0.0428. The van der Waals surface area contributed by atoms with Crippen LogP contribution >= 0.6 is 0 Å². The van der Waals surface area contributed by atoms with E-state index in [2.05, 4.69) is 27.7 Å². The van der Waals surface area contributed by atoms with Crippen molar-refractivity contribution >= 4 is 11.9 Å². The maximum absolute atomic E-state index is 12.6. The molecule has 168 valence electrons. The van der Waals surface area contributed by atoms with Crippen LogP contribution in [0.1, 0.15) is 79.1 Å². The highest BCUT2D eigenvalue weighted by Gasteiger charge is 2.23. The van der Waals surface area contributed by atoms with Crippen LogP contribution in [-0.2, 0) is 19.1 Å². The van der Waals surface area contributed by atoms with E-state index in [9.17, 15) is 9.59 Å². The molecule has 0 fully saturated rings. The second kappa shape index (κ2) is 17.1. The van der Waals surface area contributed by atoms with Crippen molar-refractivity contribution in [3.8, 4) is 0 Å². The first-order chi connectivity index (χ1) is 13.9. The van der Waals surface area contributed by atoms with Gasteiger partial charge in [-0.25, -0.2) is 9.59 Å². The van der Waals surface area contributed by atoms with Crippen molar-refractivity contribution < 1.29 is 19.1 Å². The van der Waals surface area contributed by atoms with Crippen molar-refractivity contribution in [2.75, 3.05) is 27.3 Å². The molecule has 0 aliphatic carbocycles. The fourth-order valence-electron chi connectivity index (χ4n) is 2.87. The molecule has 0 aromatic carbocycles. The molecule has 0 amide bonds. The van der Waals surface area contributed by atoms with Gasteiger partial charge in [-0.2, -0.15) is 0 Å². The highest BCUT2D eigenvalue weighted by molar-refractivity contribution is 6.14. The second-order valence-electron chi connectivity index (χ2n) is 7.92. The zero-order chi connectivity index (χ0) is 22.1. The van der Waals surface area contributed by atoms with Crippen LogP contribution in [0.15, 0.2) is 23.9 Å². The van der Waals surface area contributed by atoms with E-state index < -0.39 is 11.9 Å². The summed E-state index contributed by atoms with van der Waals surface area (Å²) < 4.78 is 11.0. The van der Waals surface area contributed by atoms with Crippen LogP contribution in [0.3, 0.4) is 0 Å². The van der Waals surface area contributed by atoms with Crippen LogP contribution in [0.5, 0.6) is 0 Å². The molecule has 0 heterocycles. The van der Waals surface area contributed by atoms with Gasteiger partial charge in [0.15, 0.2) is 0 Å². The zero-order valence-electron chi connectivity index (χ0n) is 19.5. The zero-order valence-corrected chi connectivity index (χ0v) is 19.5. The number of rotatable bonds is 16. The second-order valence-corrected chi connectivity index (χ2v) is 7.92. The standard InChI is InChI=1S/C24H43NO4/c1-7-11-14-20(9-3)18-28-23(26)22(16-13-17-25(5)6)24(27)29-19-21(10-4)15-12-8-2/h13,16-17,20-21H,7-12,14-15,18-19H2,1-6H3/b17-13+,22-16?. The van der Waals surface area contributed by atoms with Crippen LogP contribution in [0.25, 0.3) is 0 Å². The number of hydrogen-bond acceptors (Lipinski definition) is 5. The Morgan fingerprint density at radius 1 is 0.828 bits per heavy atom. The molecule has 5 heteroatoms. The van der Waals surface area contributed by atoms with E-state index in [0.717, 1.165) is 51.4 Å². The summed E-state index contributed by atoms with van der Waals surface area (Å²) in [7, 11) is 3.75. The number of carbonyl (C=O) groups is 2. The summed E-state index contributed by atoms with van der Waals surface area (Å²) in [6, 6.07) is 0. The van der Waals surface area contributed by atoms with Crippen LogP contribution in [-0.4, -0.2) is 44.1 Å². The molecule has 0 bridgehead atoms. The number of ether oxygens (including phenoxy) is 2. The molecule has 0 saturated carbocycles. The first kappa shape index (κ1) is 27.2. The van der Waals surface area contributed by atoms with E-state index in [1.165, 1.54) is 6.08 Å². The lowest BCUT2D eigenvalue weighted by Gasteiger charge is -2.17. The maximum atomic E-state index is 12.6. The number of nitrogens with zero attached hydrogens (tertiary/aromatic N) is 1. The van der Waals surface area contributed by atoms with Crippen LogP contribution in [0.4, 0.5) is 0 Å². The van der Waals surface area contributed by atoms with Gasteiger partial charge in [-0.15, -0.1) is 0 Å². The Kier molecular flexibility index (Phi) is 16.1. The first-order valence-electron chi connectivity index (χ1n) is 11.3. The van der Waals surface area contributed by atoms with Gasteiger partial charge in [-0.1, -0.05) is 66.2 Å². The third-order valence-corrected chi connectivity index (χ3v) is 5.07. The van der Waals surface area contributed by atoms with Gasteiger partial charge in [0.2, 0.25) is 0 Å². The molecule has 0 aromatic heterocycles. The molecule has 0 spiro atoms. The summed E-state index contributed by atoms with van der Waals surface area (Å²) in [4.78, 5) is 27.0. The monoisotopic (exact) mass is 409 g/mol. The van der Waals surface area contributed by atoms with Gasteiger partial charge in [-0.05, 0) is 43.0 Å². The highest BCUT2D eigenvalue weighted by Crippen LogP contribution is 2.16. The summed E-state index contributed by atoms with van der Waals surface area (Å²) >= 11 is 0. The predicted octanol–water partition coefficient (Wildman–Crippen LogP) is 5.51. The average molecular weight is 410 g/mol. The van der Waals surface area contributed by atoms with Gasteiger partial charge in [0.05, 0.1) is 13.2 Å². The topological polar surface area (TPSA) is 55.8 Å². The smallest absolute Gasteiger partial charge is 0.345 e. The van der Waals surface area contributed by atoms with Crippen LogP contribution < -0.4 is 0 Å². The van der Waals surface area contributed by atoms with Crippen molar-refractivity contribution in [3.63, 3.8) is 0 Å². The third-order valence-electron chi connectivity index (χ3n) is 5.07. The molecule has 0 radical (unpaired) electrons. The van der Waals surface area contributed by atoms with Gasteiger partial charge < -0.3 is 14.4 Å². The lowest BCUT2D eigenvalue weighted by atomic mass is 10.0. The molecular formula is C24H43NO4. The predicted molar refractivity (Wildman–Crippen MR) is 119 cm³/mol. The SMILES string of the molecule is CCCCC(CC)COC(=O)C(=C/C=C/N(C)C)C(=O)OCC(CC)CCCC. The summed E-state index contributed by atoms with van der Waals surface area (Å²) in [5.41, 5.74) is -0.0428. The van der Waals surface area contributed by atoms with Crippen molar-refractivity contribution in [1.29, 1.82) is 0 Å². The summed E-state index contributed by atoms with van der Waals surface area (Å²) in [6.45, 7) is 9.17. The van der Waals surface area contributed by atoms with Gasteiger partial charge >= 0.3 is 11.9 Å². The van der Waals surface area contributed by atoms with Crippen molar-refractivity contribution in [2.45, 2.75) is 79.1 Å². The lowest BCUT2D eigenvalue weighted by Crippen LogP contribution is -2.23. The molecule has 0 saturated heterocycles. The molecule has 5 nitrogen and oxygen atoms in total. The van der Waals surface area contributed by atoms with Crippen molar-refractivity contribution in [3.05, 3.63) is 23.9 Å². The molecule has 0 aliphatic rings. The van der Waals surface area contributed by atoms with Crippen LogP contribution in [0, 0.1) is 11.8 Å². The molecule has 0 N–H and O–H groups in total. The fourth-order valence-corrected chi connectivity index (χ4v) is 2.87. The molecular weight excluding hydrogens is 366 g/mol. The van der Waals surface area contributed by atoms with Gasteiger partial charge in [-0.3, -0.25) is 0 Å². The summed E-state index contributed by atoms with van der Waals surface area (Å²) in [5.74, 6) is -0.552. The summed E-state index contributed by atoms with van der Waals surface area (Å²) in [6.07, 6.45) is 13.4. The van der Waals surface area contributed by atoms with Crippen LogP contribution in [0.2, 0.25) is 0 Å². The molecule has 29 heavy (non-hydrogen) atoms. The van der Waals surface area contributed by atoms with Gasteiger partial charge in [0.1, 0.15) is 5.57 Å². The van der Waals surface area contributed by atoms with E-state index in [4.69, 9.17) is 9.47 Å². The average Bonchev–Trinajstić information content (AvgIpc) is 2.70. The maximum Gasteiger partial charge on any atom is 0.345 e. The largest absolute Gasteiger partial charge is 0.462 e. The van der Waals surface area contributed by atoms with Gasteiger partial charge in [0, 0.05) is 14.1 Å². The number of carbonyl (C=O) groups excluding carboxylic acids is 2. The molecule has 2 unspecified atom stereocenters. The lowest BCUT2D eigenvalue weighted by molar-refractivity contribution is -0.148. The Hall–Kier alpha value is -1.78. The molecule has 0 aliphatic heterocycles. The fraction of sp³-hybridized carbons (Fsp3) is 0.750. The Labute approximate surface area is 178 Å². The Balaban J connectivity index is 5.03. The van der Waals surface area contributed by atoms with E-state index in [0.29, 0.717) is 25.0 Å². The quantitative estimate of drug-likeness (QED) is 0.111. The molecule has 2 atom stereocenters. The number of unbranched alkanes of at least 4 members (excludes halogenated alkanes) is 2. The van der Waals surface area contributed by atoms with Crippen molar-refractivity contribution in [1.82, 2.24) is 4.90 Å².